The van der Waals surface area contributed by atoms with E-state index < -0.39 is 0 Å². The van der Waals surface area contributed by atoms with Crippen molar-refractivity contribution in [1.29, 1.82) is 0 Å². The van der Waals surface area contributed by atoms with Gasteiger partial charge in [-0.2, -0.15) is 0 Å². The number of esters is 1. The van der Waals surface area contributed by atoms with Crippen LogP contribution in [0, 0.1) is 0 Å². The standard InChI is InChI=1S/C13H17NO4.ClH/c1-2-16-13(15)10(5-6-14)9-3-4-11-12(7-9)18-8-17-11;/h3-4,7,10H,2,5-6,8,14H2,1H3;1H. The first kappa shape index (κ1) is 15.6. The molecule has 0 aromatic heterocycles. The Morgan fingerprint density at radius 3 is 2.84 bits per heavy atom. The van der Waals surface area contributed by atoms with E-state index in [0.717, 1.165) is 11.3 Å². The molecule has 0 spiro atoms. The zero-order valence-electron chi connectivity index (χ0n) is 10.9. The van der Waals surface area contributed by atoms with Crippen LogP contribution in [0.4, 0.5) is 0 Å². The molecule has 1 atom stereocenters. The lowest BCUT2D eigenvalue weighted by molar-refractivity contribution is -0.368. The highest BCUT2D eigenvalue weighted by Gasteiger charge is 2.24. The Kier molecular flexibility index (Phi) is 5.92. The van der Waals surface area contributed by atoms with Gasteiger partial charge in [-0.25, -0.2) is 0 Å². The molecule has 0 aliphatic carbocycles. The summed E-state index contributed by atoms with van der Waals surface area (Å²) in [5, 5.41) is 0. The van der Waals surface area contributed by atoms with Crippen LogP contribution < -0.4 is 27.6 Å². The molecule has 0 bridgehead atoms. The number of hydrogen-bond acceptors (Lipinski definition) is 4. The molecule has 1 heterocycles. The molecule has 0 amide bonds. The summed E-state index contributed by atoms with van der Waals surface area (Å²) in [6.07, 6.45) is 0.665. The van der Waals surface area contributed by atoms with Gasteiger partial charge >= 0.3 is 5.97 Å². The van der Waals surface area contributed by atoms with E-state index in [1.807, 2.05) is 18.2 Å². The minimum Gasteiger partial charge on any atom is -1.00 e. The third-order valence-electron chi connectivity index (χ3n) is 2.86. The van der Waals surface area contributed by atoms with Crippen molar-refractivity contribution in [3.8, 4) is 11.5 Å². The van der Waals surface area contributed by atoms with E-state index in [9.17, 15) is 4.79 Å². The van der Waals surface area contributed by atoms with E-state index in [4.69, 9.17) is 14.2 Å². The summed E-state index contributed by atoms with van der Waals surface area (Å²) in [6, 6.07) is 5.55. The number of carbonyl (C=O) groups excluding carboxylic acids is 1. The smallest absolute Gasteiger partial charge is 0.313 e. The number of fused-ring (bicyclic) bond motifs is 1. The van der Waals surface area contributed by atoms with Crippen molar-refractivity contribution in [3.63, 3.8) is 0 Å². The zero-order chi connectivity index (χ0) is 13.0. The summed E-state index contributed by atoms with van der Waals surface area (Å²) >= 11 is 0. The quantitative estimate of drug-likeness (QED) is 0.618. The molecule has 0 fully saturated rings. The lowest BCUT2D eigenvalue weighted by Gasteiger charge is -2.14. The number of halogens is 1. The molecule has 5 nitrogen and oxygen atoms in total. The van der Waals surface area contributed by atoms with Gasteiger partial charge in [0.15, 0.2) is 11.5 Å². The van der Waals surface area contributed by atoms with Gasteiger partial charge in [0.05, 0.1) is 19.1 Å². The second-order valence-electron chi connectivity index (χ2n) is 4.06. The largest absolute Gasteiger partial charge is 1.00 e. The molecule has 1 aliphatic heterocycles. The maximum absolute atomic E-state index is 11.9. The fourth-order valence-electron chi connectivity index (χ4n) is 2.00. The van der Waals surface area contributed by atoms with Gasteiger partial charge in [-0.15, -0.1) is 0 Å². The third-order valence-corrected chi connectivity index (χ3v) is 2.86. The van der Waals surface area contributed by atoms with Crippen LogP contribution in [0.5, 0.6) is 11.5 Å². The number of quaternary nitrogens is 1. The Morgan fingerprint density at radius 1 is 1.42 bits per heavy atom. The molecule has 0 saturated heterocycles. The van der Waals surface area contributed by atoms with Crippen LogP contribution >= 0.6 is 0 Å². The first-order valence-electron chi connectivity index (χ1n) is 6.11. The Balaban J connectivity index is 0.00000180. The predicted molar refractivity (Wildman–Crippen MR) is 64.3 cm³/mol. The number of carbonyl (C=O) groups is 1. The molecular formula is C13H18ClNO4. The topological polar surface area (TPSA) is 72.4 Å². The van der Waals surface area contributed by atoms with E-state index in [1.54, 1.807) is 6.92 Å². The average Bonchev–Trinajstić information content (AvgIpc) is 2.83. The summed E-state index contributed by atoms with van der Waals surface area (Å²) < 4.78 is 15.7. The van der Waals surface area contributed by atoms with Crippen molar-refractivity contribution in [2.75, 3.05) is 19.9 Å². The Hall–Kier alpha value is -1.46. The minimum absolute atomic E-state index is 0. The highest BCUT2D eigenvalue weighted by molar-refractivity contribution is 5.78. The van der Waals surface area contributed by atoms with E-state index in [-0.39, 0.29) is 31.1 Å². The van der Waals surface area contributed by atoms with Crippen LogP contribution in [0.2, 0.25) is 0 Å². The van der Waals surface area contributed by atoms with Gasteiger partial charge in [0.2, 0.25) is 6.79 Å². The molecule has 1 aliphatic rings. The van der Waals surface area contributed by atoms with E-state index in [1.165, 1.54) is 0 Å². The first-order valence-corrected chi connectivity index (χ1v) is 6.11. The van der Waals surface area contributed by atoms with Gasteiger partial charge < -0.3 is 32.4 Å². The first-order chi connectivity index (χ1) is 8.76. The molecule has 1 aromatic carbocycles. The lowest BCUT2D eigenvalue weighted by Crippen LogP contribution is -3.00. The number of rotatable bonds is 5. The average molecular weight is 288 g/mol. The van der Waals surface area contributed by atoms with Gasteiger partial charge in [0.1, 0.15) is 0 Å². The molecule has 2 rings (SSSR count). The molecule has 1 aromatic rings. The van der Waals surface area contributed by atoms with Crippen molar-refractivity contribution < 1.29 is 37.1 Å². The number of benzene rings is 1. The lowest BCUT2D eigenvalue weighted by atomic mass is 9.95. The van der Waals surface area contributed by atoms with Gasteiger partial charge in [0, 0.05) is 6.42 Å². The molecule has 106 valence electrons. The summed E-state index contributed by atoms with van der Waals surface area (Å²) in [6.45, 7) is 3.10. The molecule has 0 saturated carbocycles. The molecule has 1 unspecified atom stereocenters. The van der Waals surface area contributed by atoms with Gasteiger partial charge in [-0.05, 0) is 24.6 Å². The second-order valence-corrected chi connectivity index (χ2v) is 4.06. The Bertz CT molecular complexity index is 439. The maximum atomic E-state index is 11.9. The van der Waals surface area contributed by atoms with E-state index in [2.05, 4.69) is 5.73 Å². The highest BCUT2D eigenvalue weighted by atomic mass is 35.5. The Labute approximate surface area is 118 Å². The third kappa shape index (κ3) is 3.52. The van der Waals surface area contributed by atoms with Crippen LogP contribution in [-0.2, 0) is 9.53 Å². The van der Waals surface area contributed by atoms with Crippen LogP contribution in [0.15, 0.2) is 18.2 Å². The molecule has 6 heteroatoms. The van der Waals surface area contributed by atoms with Crippen LogP contribution in [0.1, 0.15) is 24.8 Å². The van der Waals surface area contributed by atoms with Gasteiger partial charge in [-0.1, -0.05) is 6.07 Å². The SMILES string of the molecule is CCOC(=O)C(CC[NH3+])c1ccc2c(c1)OCO2.[Cl-]. The highest BCUT2D eigenvalue weighted by Crippen LogP contribution is 2.35. The number of ether oxygens (including phenoxy) is 3. The van der Waals surface area contributed by atoms with Crippen molar-refractivity contribution in [2.45, 2.75) is 19.3 Å². The van der Waals surface area contributed by atoms with Crippen LogP contribution in [-0.4, -0.2) is 25.9 Å². The fourth-order valence-corrected chi connectivity index (χ4v) is 2.00. The van der Waals surface area contributed by atoms with Crippen LogP contribution in [0.3, 0.4) is 0 Å². The van der Waals surface area contributed by atoms with Gasteiger partial charge in [0.25, 0.3) is 0 Å². The minimum atomic E-state index is -0.281. The van der Waals surface area contributed by atoms with Crippen LogP contribution in [0.25, 0.3) is 0 Å². The predicted octanol–water partition coefficient (Wildman–Crippen LogP) is -2.30. The monoisotopic (exact) mass is 287 g/mol. The van der Waals surface area contributed by atoms with E-state index >= 15 is 0 Å². The van der Waals surface area contributed by atoms with E-state index in [0.29, 0.717) is 25.3 Å². The zero-order valence-corrected chi connectivity index (χ0v) is 11.6. The summed E-state index contributed by atoms with van der Waals surface area (Å²) in [5.74, 6) is 0.916. The second kappa shape index (κ2) is 7.21. The summed E-state index contributed by atoms with van der Waals surface area (Å²) in [5.41, 5.74) is 4.69. The summed E-state index contributed by atoms with van der Waals surface area (Å²) in [7, 11) is 0. The van der Waals surface area contributed by atoms with Crippen molar-refractivity contribution >= 4 is 5.97 Å². The Morgan fingerprint density at radius 2 is 2.16 bits per heavy atom. The van der Waals surface area contributed by atoms with Crippen molar-refractivity contribution in [2.24, 2.45) is 0 Å². The molecule has 3 N–H and O–H groups in total. The fraction of sp³-hybridized carbons (Fsp3) is 0.462. The number of hydrogen-bond donors (Lipinski definition) is 1. The van der Waals surface area contributed by atoms with Crippen molar-refractivity contribution in [3.05, 3.63) is 23.8 Å². The molecule has 0 radical (unpaired) electrons. The molecule has 19 heavy (non-hydrogen) atoms. The van der Waals surface area contributed by atoms with Crippen molar-refractivity contribution in [1.82, 2.24) is 0 Å². The van der Waals surface area contributed by atoms with Gasteiger partial charge in [-0.3, -0.25) is 4.79 Å². The summed E-state index contributed by atoms with van der Waals surface area (Å²) in [4.78, 5) is 11.9. The normalized spacial score (nSPS) is 13.6. The molecular weight excluding hydrogens is 270 g/mol. The maximum Gasteiger partial charge on any atom is 0.313 e.